The van der Waals surface area contributed by atoms with E-state index in [-0.39, 0.29) is 23.9 Å². The van der Waals surface area contributed by atoms with E-state index in [1.165, 1.54) is 12.8 Å². The van der Waals surface area contributed by atoms with E-state index < -0.39 is 0 Å². The molecular formula is C20H23N3O3. The van der Waals surface area contributed by atoms with Gasteiger partial charge in [0.25, 0.3) is 11.8 Å². The molecule has 2 heterocycles. The van der Waals surface area contributed by atoms with Crippen LogP contribution in [0.2, 0.25) is 0 Å². The number of nitrogens with one attached hydrogen (secondary N) is 2. The SMILES string of the molecule is Cc1ccc(C(=O)N[C@@H]2C[C@H]2NC(=O)c2cccc(N3CCCC3)c2)o1. The lowest BCUT2D eigenvalue weighted by Gasteiger charge is -2.18. The molecule has 1 aliphatic carbocycles. The lowest BCUT2D eigenvalue weighted by molar-refractivity contribution is 0.0908. The first-order valence-corrected chi connectivity index (χ1v) is 9.13. The number of carbonyl (C=O) groups excluding carboxylic acids is 2. The third-order valence-corrected chi connectivity index (χ3v) is 4.97. The number of benzene rings is 1. The summed E-state index contributed by atoms with van der Waals surface area (Å²) in [6, 6.07) is 11.1. The standard InChI is InChI=1S/C20H23N3O3/c1-13-7-8-18(26-13)20(25)22-17-12-16(17)21-19(24)14-5-4-6-15(11-14)23-9-2-3-10-23/h4-8,11,16-17H,2-3,9-10,12H2,1H3,(H,21,24)(H,22,25)/t16-,17-/m1/s1. The van der Waals surface area contributed by atoms with Gasteiger partial charge in [-0.1, -0.05) is 6.07 Å². The van der Waals surface area contributed by atoms with Crippen LogP contribution in [-0.2, 0) is 0 Å². The van der Waals surface area contributed by atoms with Crippen molar-refractivity contribution in [2.24, 2.45) is 0 Å². The maximum atomic E-state index is 12.5. The van der Waals surface area contributed by atoms with Crippen LogP contribution in [0.1, 0.15) is 45.9 Å². The first-order valence-electron chi connectivity index (χ1n) is 9.13. The van der Waals surface area contributed by atoms with E-state index >= 15 is 0 Å². The zero-order chi connectivity index (χ0) is 18.1. The smallest absolute Gasteiger partial charge is 0.287 e. The molecule has 6 heteroatoms. The van der Waals surface area contributed by atoms with Crippen molar-refractivity contribution >= 4 is 17.5 Å². The molecule has 6 nitrogen and oxygen atoms in total. The molecule has 1 aliphatic heterocycles. The molecule has 2 fully saturated rings. The van der Waals surface area contributed by atoms with Crippen molar-refractivity contribution in [1.82, 2.24) is 10.6 Å². The minimum Gasteiger partial charge on any atom is -0.456 e. The zero-order valence-electron chi connectivity index (χ0n) is 14.8. The highest BCUT2D eigenvalue weighted by Gasteiger charge is 2.40. The van der Waals surface area contributed by atoms with Gasteiger partial charge in [0.05, 0.1) is 12.1 Å². The molecule has 1 saturated heterocycles. The Morgan fingerprint density at radius 3 is 2.46 bits per heavy atom. The second-order valence-electron chi connectivity index (χ2n) is 7.05. The van der Waals surface area contributed by atoms with Gasteiger partial charge in [-0.15, -0.1) is 0 Å². The van der Waals surface area contributed by atoms with Crippen LogP contribution in [0, 0.1) is 6.92 Å². The molecule has 4 rings (SSSR count). The van der Waals surface area contributed by atoms with Crippen LogP contribution in [0.5, 0.6) is 0 Å². The topological polar surface area (TPSA) is 74.6 Å². The van der Waals surface area contributed by atoms with Gasteiger partial charge >= 0.3 is 0 Å². The number of amides is 2. The van der Waals surface area contributed by atoms with Gasteiger partial charge in [0, 0.05) is 24.3 Å². The van der Waals surface area contributed by atoms with E-state index in [9.17, 15) is 9.59 Å². The Bertz CT molecular complexity index is 823. The predicted octanol–water partition coefficient (Wildman–Crippen LogP) is 2.49. The van der Waals surface area contributed by atoms with Gasteiger partial charge in [0.15, 0.2) is 5.76 Å². The Morgan fingerprint density at radius 1 is 1.04 bits per heavy atom. The molecule has 0 unspecified atom stereocenters. The fourth-order valence-electron chi connectivity index (χ4n) is 3.38. The highest BCUT2D eigenvalue weighted by Crippen LogP contribution is 2.24. The Morgan fingerprint density at radius 2 is 1.77 bits per heavy atom. The van der Waals surface area contributed by atoms with Crippen molar-refractivity contribution in [3.63, 3.8) is 0 Å². The molecular weight excluding hydrogens is 330 g/mol. The third-order valence-electron chi connectivity index (χ3n) is 4.97. The lowest BCUT2D eigenvalue weighted by Crippen LogP contribution is -2.34. The molecule has 1 aromatic carbocycles. The second kappa shape index (κ2) is 6.86. The minimum absolute atomic E-state index is 0.0297. The highest BCUT2D eigenvalue weighted by atomic mass is 16.3. The van der Waals surface area contributed by atoms with E-state index in [1.807, 2.05) is 24.3 Å². The number of anilines is 1. The largest absolute Gasteiger partial charge is 0.456 e. The molecule has 0 spiro atoms. The van der Waals surface area contributed by atoms with Crippen LogP contribution in [0.3, 0.4) is 0 Å². The molecule has 2 aliphatic rings. The van der Waals surface area contributed by atoms with Gasteiger partial charge < -0.3 is 20.0 Å². The molecule has 0 bridgehead atoms. The van der Waals surface area contributed by atoms with Crippen LogP contribution in [0.4, 0.5) is 5.69 Å². The summed E-state index contributed by atoms with van der Waals surface area (Å²) in [5.41, 5.74) is 1.76. The minimum atomic E-state index is -0.240. The van der Waals surface area contributed by atoms with Gasteiger partial charge in [-0.2, -0.15) is 0 Å². The van der Waals surface area contributed by atoms with Crippen molar-refractivity contribution in [3.05, 3.63) is 53.5 Å². The summed E-state index contributed by atoms with van der Waals surface area (Å²) >= 11 is 0. The van der Waals surface area contributed by atoms with Gasteiger partial charge in [0.1, 0.15) is 5.76 Å². The second-order valence-corrected chi connectivity index (χ2v) is 7.05. The van der Waals surface area contributed by atoms with Gasteiger partial charge in [-0.25, -0.2) is 0 Å². The van der Waals surface area contributed by atoms with Crippen LogP contribution >= 0.6 is 0 Å². The van der Waals surface area contributed by atoms with E-state index in [0.29, 0.717) is 17.1 Å². The lowest BCUT2D eigenvalue weighted by atomic mass is 10.1. The van der Waals surface area contributed by atoms with E-state index in [0.717, 1.165) is 25.2 Å². The van der Waals surface area contributed by atoms with Crippen molar-refractivity contribution in [2.45, 2.75) is 38.3 Å². The Kier molecular flexibility index (Phi) is 4.41. The van der Waals surface area contributed by atoms with Crippen LogP contribution in [0.25, 0.3) is 0 Å². The summed E-state index contributed by atoms with van der Waals surface area (Å²) in [5.74, 6) is 0.670. The van der Waals surface area contributed by atoms with E-state index in [4.69, 9.17) is 4.42 Å². The van der Waals surface area contributed by atoms with Gasteiger partial charge in [-0.05, 0) is 56.5 Å². The molecule has 2 amide bonds. The predicted molar refractivity (Wildman–Crippen MR) is 98.5 cm³/mol. The van der Waals surface area contributed by atoms with Gasteiger partial charge in [-0.3, -0.25) is 9.59 Å². The van der Waals surface area contributed by atoms with Crippen molar-refractivity contribution in [3.8, 4) is 0 Å². The Balaban J connectivity index is 1.32. The summed E-state index contributed by atoms with van der Waals surface area (Å²) in [6.45, 7) is 3.90. The van der Waals surface area contributed by atoms with Gasteiger partial charge in [0.2, 0.25) is 0 Å². The van der Waals surface area contributed by atoms with Crippen molar-refractivity contribution in [1.29, 1.82) is 0 Å². The van der Waals surface area contributed by atoms with E-state index in [2.05, 4.69) is 15.5 Å². The first-order chi connectivity index (χ1) is 12.6. The number of hydrogen-bond acceptors (Lipinski definition) is 4. The number of aryl methyl sites for hydroxylation is 1. The molecule has 2 atom stereocenters. The molecule has 2 N–H and O–H groups in total. The number of furan rings is 1. The van der Waals surface area contributed by atoms with Crippen LogP contribution < -0.4 is 15.5 Å². The summed E-state index contributed by atoms with van der Waals surface area (Å²) in [4.78, 5) is 26.9. The monoisotopic (exact) mass is 353 g/mol. The van der Waals surface area contributed by atoms with E-state index in [1.54, 1.807) is 19.1 Å². The molecule has 1 aromatic heterocycles. The maximum Gasteiger partial charge on any atom is 0.287 e. The molecule has 26 heavy (non-hydrogen) atoms. The summed E-state index contributed by atoms with van der Waals surface area (Å²) in [6.07, 6.45) is 3.15. The van der Waals surface area contributed by atoms with Crippen molar-refractivity contribution < 1.29 is 14.0 Å². The number of carbonyl (C=O) groups is 2. The molecule has 2 aromatic rings. The normalized spacial score (nSPS) is 21.5. The van der Waals surface area contributed by atoms with Crippen LogP contribution in [0.15, 0.2) is 40.8 Å². The number of rotatable bonds is 5. The average molecular weight is 353 g/mol. The Hall–Kier alpha value is -2.76. The summed E-state index contributed by atoms with van der Waals surface area (Å²) in [5, 5.41) is 5.89. The fraction of sp³-hybridized carbons (Fsp3) is 0.400. The zero-order valence-corrected chi connectivity index (χ0v) is 14.8. The molecule has 0 radical (unpaired) electrons. The molecule has 136 valence electrons. The number of hydrogen-bond donors (Lipinski definition) is 2. The van der Waals surface area contributed by atoms with Crippen molar-refractivity contribution in [2.75, 3.05) is 18.0 Å². The summed E-state index contributed by atoms with van der Waals surface area (Å²) < 4.78 is 5.32. The maximum absolute atomic E-state index is 12.5. The Labute approximate surface area is 152 Å². The highest BCUT2D eigenvalue weighted by molar-refractivity contribution is 5.96. The quantitative estimate of drug-likeness (QED) is 0.866. The first kappa shape index (κ1) is 16.7. The fourth-order valence-corrected chi connectivity index (χ4v) is 3.38. The molecule has 1 saturated carbocycles. The average Bonchev–Trinajstić information content (AvgIpc) is 3.07. The number of nitrogens with zero attached hydrogens (tertiary/aromatic N) is 1. The summed E-state index contributed by atoms with van der Waals surface area (Å²) in [7, 11) is 0. The van der Waals surface area contributed by atoms with Crippen LogP contribution in [-0.4, -0.2) is 37.0 Å². The third kappa shape index (κ3) is 3.59.